The van der Waals surface area contributed by atoms with E-state index in [9.17, 15) is 9.18 Å². The number of halogens is 1. The lowest BCUT2D eigenvalue weighted by atomic mass is 10.1. The molecule has 1 aliphatic rings. The van der Waals surface area contributed by atoms with Gasteiger partial charge in [0.2, 0.25) is 0 Å². The lowest BCUT2D eigenvalue weighted by Gasteiger charge is -2.34. The number of amides is 1. The predicted molar refractivity (Wildman–Crippen MR) is 120 cm³/mol. The quantitative estimate of drug-likeness (QED) is 0.536. The van der Waals surface area contributed by atoms with E-state index in [4.69, 9.17) is 4.98 Å². The number of piperazine rings is 1. The Balaban J connectivity index is 1.23. The first-order chi connectivity index (χ1) is 15.5. The standard InChI is InChI=1S/C24H25FN6O/c1-16-7-8-31-22(17(2)26-23(31)13-16)15-29-9-11-30(12-10-29)24(32)21-14-20(27-28-21)18-3-5-19(25)6-4-18/h3-8,13-14H,9-12,15H2,1-2H3,(H,27,28). The summed E-state index contributed by atoms with van der Waals surface area (Å²) in [6.07, 6.45) is 2.08. The van der Waals surface area contributed by atoms with Crippen LogP contribution < -0.4 is 0 Å². The van der Waals surface area contributed by atoms with E-state index in [-0.39, 0.29) is 11.7 Å². The molecule has 4 aromatic rings. The Morgan fingerprint density at radius 1 is 1.06 bits per heavy atom. The van der Waals surface area contributed by atoms with E-state index in [2.05, 4.69) is 44.8 Å². The first-order valence-corrected chi connectivity index (χ1v) is 10.7. The number of fused-ring (bicyclic) bond motifs is 1. The van der Waals surface area contributed by atoms with Crippen molar-refractivity contribution >= 4 is 11.6 Å². The minimum absolute atomic E-state index is 0.0630. The largest absolute Gasteiger partial charge is 0.335 e. The highest BCUT2D eigenvalue weighted by atomic mass is 19.1. The Kier molecular flexibility index (Phi) is 5.22. The fourth-order valence-corrected chi connectivity index (χ4v) is 4.20. The van der Waals surface area contributed by atoms with Gasteiger partial charge < -0.3 is 9.30 Å². The van der Waals surface area contributed by atoms with Crippen LogP contribution in [0.5, 0.6) is 0 Å². The second-order valence-corrected chi connectivity index (χ2v) is 8.32. The van der Waals surface area contributed by atoms with Gasteiger partial charge in [-0.05, 0) is 61.9 Å². The van der Waals surface area contributed by atoms with E-state index >= 15 is 0 Å². The molecule has 0 atom stereocenters. The van der Waals surface area contributed by atoms with E-state index in [1.54, 1.807) is 18.2 Å². The Morgan fingerprint density at radius 2 is 1.81 bits per heavy atom. The van der Waals surface area contributed by atoms with Gasteiger partial charge in [-0.3, -0.25) is 14.8 Å². The van der Waals surface area contributed by atoms with Gasteiger partial charge in [-0.2, -0.15) is 5.10 Å². The molecular formula is C24H25FN6O. The van der Waals surface area contributed by atoms with E-state index in [0.717, 1.165) is 36.5 Å². The van der Waals surface area contributed by atoms with Crippen LogP contribution in [0.2, 0.25) is 0 Å². The topological polar surface area (TPSA) is 69.5 Å². The Hall–Kier alpha value is -3.52. The molecule has 0 unspecified atom stereocenters. The zero-order valence-corrected chi connectivity index (χ0v) is 18.2. The van der Waals surface area contributed by atoms with Crippen LogP contribution >= 0.6 is 0 Å². The number of rotatable bonds is 4. The van der Waals surface area contributed by atoms with Crippen molar-refractivity contribution in [3.8, 4) is 11.3 Å². The minimum Gasteiger partial charge on any atom is -0.335 e. The molecule has 0 spiro atoms. The maximum absolute atomic E-state index is 13.1. The van der Waals surface area contributed by atoms with Gasteiger partial charge in [-0.15, -0.1) is 0 Å². The zero-order valence-electron chi connectivity index (χ0n) is 18.2. The van der Waals surface area contributed by atoms with Gasteiger partial charge in [0.25, 0.3) is 5.91 Å². The molecule has 1 aliphatic heterocycles. The van der Waals surface area contributed by atoms with Crippen molar-refractivity contribution in [3.05, 3.63) is 77.1 Å². The molecule has 4 heterocycles. The highest BCUT2D eigenvalue weighted by Gasteiger charge is 2.25. The van der Waals surface area contributed by atoms with E-state index in [1.807, 2.05) is 11.8 Å². The highest BCUT2D eigenvalue weighted by Crippen LogP contribution is 2.20. The number of carbonyl (C=O) groups excluding carboxylic acids is 1. The summed E-state index contributed by atoms with van der Waals surface area (Å²) in [7, 11) is 0. The van der Waals surface area contributed by atoms with Crippen molar-refractivity contribution in [2.75, 3.05) is 26.2 Å². The number of imidazole rings is 1. The molecule has 1 fully saturated rings. The number of nitrogens with one attached hydrogen (secondary N) is 1. The number of hydrogen-bond donors (Lipinski definition) is 1. The number of carbonyl (C=O) groups is 1. The van der Waals surface area contributed by atoms with Gasteiger partial charge in [0.1, 0.15) is 17.2 Å². The van der Waals surface area contributed by atoms with Crippen molar-refractivity contribution in [1.82, 2.24) is 29.4 Å². The van der Waals surface area contributed by atoms with E-state index < -0.39 is 0 Å². The summed E-state index contributed by atoms with van der Waals surface area (Å²) < 4.78 is 15.3. The third kappa shape index (κ3) is 3.89. The summed E-state index contributed by atoms with van der Waals surface area (Å²) in [5.74, 6) is -0.361. The van der Waals surface area contributed by atoms with Crippen LogP contribution in [-0.4, -0.2) is 61.5 Å². The van der Waals surface area contributed by atoms with Gasteiger partial charge in [-0.1, -0.05) is 0 Å². The zero-order chi connectivity index (χ0) is 22.2. The van der Waals surface area contributed by atoms with Gasteiger partial charge in [0.05, 0.1) is 17.1 Å². The normalized spacial score (nSPS) is 14.9. The molecule has 3 aromatic heterocycles. The average Bonchev–Trinajstić information content (AvgIpc) is 3.39. The first-order valence-electron chi connectivity index (χ1n) is 10.7. The number of benzene rings is 1. The Labute approximate surface area is 185 Å². The van der Waals surface area contributed by atoms with Gasteiger partial charge in [0, 0.05) is 44.5 Å². The first kappa shape index (κ1) is 20.4. The van der Waals surface area contributed by atoms with Crippen LogP contribution in [0.4, 0.5) is 4.39 Å². The lowest BCUT2D eigenvalue weighted by molar-refractivity contribution is 0.0620. The highest BCUT2D eigenvalue weighted by molar-refractivity contribution is 5.93. The number of hydrogen-bond acceptors (Lipinski definition) is 4. The smallest absolute Gasteiger partial charge is 0.271 e. The van der Waals surface area contributed by atoms with Crippen LogP contribution in [0.1, 0.15) is 27.4 Å². The number of aromatic nitrogens is 4. The van der Waals surface area contributed by atoms with Crippen LogP contribution in [0.15, 0.2) is 48.7 Å². The SMILES string of the molecule is Cc1ccn2c(CN3CCN(C(=O)c4cc(-c5ccc(F)cc5)n[nH]4)CC3)c(C)nc2c1. The predicted octanol–water partition coefficient (Wildman–Crippen LogP) is 3.44. The van der Waals surface area contributed by atoms with Gasteiger partial charge >= 0.3 is 0 Å². The summed E-state index contributed by atoms with van der Waals surface area (Å²) in [5, 5.41) is 7.06. The third-order valence-corrected chi connectivity index (χ3v) is 6.06. The molecule has 7 nitrogen and oxygen atoms in total. The van der Waals surface area contributed by atoms with Crippen LogP contribution in [0.25, 0.3) is 16.9 Å². The van der Waals surface area contributed by atoms with E-state index in [1.165, 1.54) is 23.4 Å². The van der Waals surface area contributed by atoms with Crippen LogP contribution in [-0.2, 0) is 6.54 Å². The molecule has 0 aliphatic carbocycles. The van der Waals surface area contributed by atoms with E-state index in [0.29, 0.717) is 24.5 Å². The average molecular weight is 433 g/mol. The fourth-order valence-electron chi connectivity index (χ4n) is 4.20. The van der Waals surface area contributed by atoms with Gasteiger partial charge in [-0.25, -0.2) is 9.37 Å². The lowest BCUT2D eigenvalue weighted by Crippen LogP contribution is -2.48. The Bertz CT molecular complexity index is 1270. The molecule has 0 bridgehead atoms. The molecule has 164 valence electrons. The van der Waals surface area contributed by atoms with Crippen molar-refractivity contribution in [3.63, 3.8) is 0 Å². The molecule has 1 saturated heterocycles. The Morgan fingerprint density at radius 3 is 2.56 bits per heavy atom. The van der Waals surface area contributed by atoms with Crippen molar-refractivity contribution < 1.29 is 9.18 Å². The number of pyridine rings is 1. The maximum atomic E-state index is 13.1. The van der Waals surface area contributed by atoms with Crippen LogP contribution in [0.3, 0.4) is 0 Å². The molecule has 0 radical (unpaired) electrons. The summed E-state index contributed by atoms with van der Waals surface area (Å²) in [4.78, 5) is 21.8. The third-order valence-electron chi connectivity index (χ3n) is 6.06. The number of nitrogens with zero attached hydrogens (tertiary/aromatic N) is 5. The fraction of sp³-hybridized carbons (Fsp3) is 0.292. The molecule has 5 rings (SSSR count). The molecular weight excluding hydrogens is 407 g/mol. The molecule has 1 amide bonds. The molecule has 1 aromatic carbocycles. The second kappa shape index (κ2) is 8.20. The number of H-pyrrole nitrogens is 1. The van der Waals surface area contributed by atoms with Crippen molar-refractivity contribution in [2.24, 2.45) is 0 Å². The number of aryl methyl sites for hydroxylation is 2. The monoisotopic (exact) mass is 432 g/mol. The summed E-state index contributed by atoms with van der Waals surface area (Å²) in [5.41, 5.74) is 6.25. The second-order valence-electron chi connectivity index (χ2n) is 8.32. The molecule has 0 saturated carbocycles. The maximum Gasteiger partial charge on any atom is 0.271 e. The van der Waals surface area contributed by atoms with Gasteiger partial charge in [0.15, 0.2) is 0 Å². The molecule has 1 N–H and O–H groups in total. The summed E-state index contributed by atoms with van der Waals surface area (Å²) in [6, 6.07) is 12.0. The molecule has 32 heavy (non-hydrogen) atoms. The van der Waals surface area contributed by atoms with Crippen LogP contribution in [0, 0.1) is 19.7 Å². The summed E-state index contributed by atoms with van der Waals surface area (Å²) >= 11 is 0. The summed E-state index contributed by atoms with van der Waals surface area (Å²) in [6.45, 7) is 7.82. The number of aromatic amines is 1. The molecule has 8 heteroatoms. The van der Waals surface area contributed by atoms with Crippen molar-refractivity contribution in [1.29, 1.82) is 0 Å². The van der Waals surface area contributed by atoms with Crippen molar-refractivity contribution in [2.45, 2.75) is 20.4 Å². The minimum atomic E-state index is -0.298.